The lowest BCUT2D eigenvalue weighted by atomic mass is 10.1. The summed E-state index contributed by atoms with van der Waals surface area (Å²) in [5.41, 5.74) is 1.72. The highest BCUT2D eigenvalue weighted by Gasteiger charge is 2.39. The first-order chi connectivity index (χ1) is 12.3. The predicted molar refractivity (Wildman–Crippen MR) is 98.1 cm³/mol. The molecule has 1 saturated carbocycles. The van der Waals surface area contributed by atoms with E-state index in [1.165, 1.54) is 6.07 Å². The van der Waals surface area contributed by atoms with E-state index in [0.717, 1.165) is 6.42 Å². The second kappa shape index (κ2) is 6.95. The molecule has 1 aliphatic rings. The number of nitrogens with one attached hydrogen (secondary N) is 2. The summed E-state index contributed by atoms with van der Waals surface area (Å²) >= 11 is 0. The molecule has 2 atom stereocenters. The molecule has 0 spiro atoms. The van der Waals surface area contributed by atoms with Gasteiger partial charge in [0, 0.05) is 34.5 Å². The Labute approximate surface area is 150 Å². The van der Waals surface area contributed by atoms with Crippen molar-refractivity contribution >= 4 is 28.9 Å². The summed E-state index contributed by atoms with van der Waals surface area (Å²) in [6.07, 6.45) is 0.887. The van der Waals surface area contributed by atoms with E-state index in [2.05, 4.69) is 10.6 Å². The van der Waals surface area contributed by atoms with Gasteiger partial charge < -0.3 is 10.6 Å². The van der Waals surface area contributed by atoms with E-state index in [9.17, 15) is 19.7 Å². The van der Waals surface area contributed by atoms with Crippen LogP contribution in [0.4, 0.5) is 17.1 Å². The number of nitro benzene ring substituents is 1. The Morgan fingerprint density at radius 3 is 2.46 bits per heavy atom. The van der Waals surface area contributed by atoms with Gasteiger partial charge in [-0.05, 0) is 43.5 Å². The van der Waals surface area contributed by atoms with E-state index >= 15 is 0 Å². The minimum atomic E-state index is -0.486. The summed E-state index contributed by atoms with van der Waals surface area (Å²) in [6, 6.07) is 11.1. The van der Waals surface area contributed by atoms with Gasteiger partial charge >= 0.3 is 0 Å². The smallest absolute Gasteiger partial charge is 0.274 e. The number of anilines is 2. The van der Waals surface area contributed by atoms with Crippen molar-refractivity contribution in [3.63, 3.8) is 0 Å². The lowest BCUT2D eigenvalue weighted by molar-refractivity contribution is -0.385. The van der Waals surface area contributed by atoms with E-state index in [1.54, 1.807) is 43.3 Å². The van der Waals surface area contributed by atoms with Crippen LogP contribution in [0.2, 0.25) is 0 Å². The van der Waals surface area contributed by atoms with E-state index < -0.39 is 10.8 Å². The molecule has 3 rings (SSSR count). The van der Waals surface area contributed by atoms with E-state index in [4.69, 9.17) is 0 Å². The second-order valence-electron chi connectivity index (χ2n) is 6.60. The van der Waals surface area contributed by atoms with Crippen molar-refractivity contribution in [3.8, 4) is 0 Å². The Morgan fingerprint density at radius 1 is 1.12 bits per heavy atom. The lowest BCUT2D eigenvalue weighted by Gasteiger charge is -2.09. The van der Waals surface area contributed by atoms with Crippen LogP contribution in [0.25, 0.3) is 0 Å². The van der Waals surface area contributed by atoms with Gasteiger partial charge in [0.15, 0.2) is 0 Å². The van der Waals surface area contributed by atoms with Crippen LogP contribution in [0, 0.1) is 28.9 Å². The van der Waals surface area contributed by atoms with Crippen molar-refractivity contribution in [1.82, 2.24) is 0 Å². The SMILES string of the molecule is Cc1ccc(NC(=O)c2cccc(NC(=O)C3CC3C)c2)cc1[N+](=O)[O-]. The van der Waals surface area contributed by atoms with Gasteiger partial charge in [0.25, 0.3) is 11.6 Å². The van der Waals surface area contributed by atoms with Gasteiger partial charge in [-0.15, -0.1) is 0 Å². The number of hydrogen-bond acceptors (Lipinski definition) is 4. The highest BCUT2D eigenvalue weighted by atomic mass is 16.6. The molecule has 0 heterocycles. The van der Waals surface area contributed by atoms with Gasteiger partial charge in [0.05, 0.1) is 4.92 Å². The van der Waals surface area contributed by atoms with Gasteiger partial charge in [-0.3, -0.25) is 19.7 Å². The first-order valence-electron chi connectivity index (χ1n) is 8.32. The van der Waals surface area contributed by atoms with Gasteiger partial charge in [0.1, 0.15) is 0 Å². The van der Waals surface area contributed by atoms with E-state index in [0.29, 0.717) is 28.4 Å². The van der Waals surface area contributed by atoms with Crippen LogP contribution >= 0.6 is 0 Å². The zero-order chi connectivity index (χ0) is 18.8. The molecule has 2 aromatic rings. The summed E-state index contributed by atoms with van der Waals surface area (Å²) in [5, 5.41) is 16.5. The average molecular weight is 353 g/mol. The highest BCUT2D eigenvalue weighted by molar-refractivity contribution is 6.05. The van der Waals surface area contributed by atoms with Crippen LogP contribution in [0.5, 0.6) is 0 Å². The minimum absolute atomic E-state index is 0.0378. The fraction of sp³-hybridized carbons (Fsp3) is 0.263. The topological polar surface area (TPSA) is 101 Å². The number of amides is 2. The molecule has 2 aromatic carbocycles. The molecule has 1 fully saturated rings. The third-order valence-electron chi connectivity index (χ3n) is 4.50. The number of aryl methyl sites for hydroxylation is 1. The summed E-state index contributed by atoms with van der Waals surface area (Å²) in [6.45, 7) is 3.66. The number of rotatable bonds is 5. The number of nitro groups is 1. The van der Waals surface area contributed by atoms with Crippen LogP contribution in [-0.2, 0) is 4.79 Å². The molecule has 2 unspecified atom stereocenters. The number of nitrogens with zero attached hydrogens (tertiary/aromatic N) is 1. The quantitative estimate of drug-likeness (QED) is 0.631. The summed E-state index contributed by atoms with van der Waals surface area (Å²) < 4.78 is 0. The molecular formula is C19H19N3O4. The number of carbonyl (C=O) groups excluding carboxylic acids is 2. The summed E-state index contributed by atoms with van der Waals surface area (Å²) in [5.74, 6) is 0.00246. The fourth-order valence-electron chi connectivity index (χ4n) is 2.75. The van der Waals surface area contributed by atoms with E-state index in [-0.39, 0.29) is 17.5 Å². The van der Waals surface area contributed by atoms with Crippen LogP contribution in [-0.4, -0.2) is 16.7 Å². The molecule has 0 bridgehead atoms. The minimum Gasteiger partial charge on any atom is -0.326 e. The highest BCUT2D eigenvalue weighted by Crippen LogP contribution is 2.38. The molecule has 0 saturated heterocycles. The summed E-state index contributed by atoms with van der Waals surface area (Å²) in [4.78, 5) is 35.0. The van der Waals surface area contributed by atoms with E-state index in [1.807, 2.05) is 6.92 Å². The third-order valence-corrected chi connectivity index (χ3v) is 4.50. The lowest BCUT2D eigenvalue weighted by Crippen LogP contribution is -2.16. The molecule has 2 amide bonds. The van der Waals surface area contributed by atoms with Crippen molar-refractivity contribution in [2.45, 2.75) is 20.3 Å². The monoisotopic (exact) mass is 353 g/mol. The van der Waals surface area contributed by atoms with Crippen molar-refractivity contribution < 1.29 is 14.5 Å². The first-order valence-corrected chi connectivity index (χ1v) is 8.32. The predicted octanol–water partition coefficient (Wildman–Crippen LogP) is 3.75. The van der Waals surface area contributed by atoms with Crippen LogP contribution < -0.4 is 10.6 Å². The van der Waals surface area contributed by atoms with Crippen molar-refractivity contribution in [1.29, 1.82) is 0 Å². The molecule has 0 aromatic heterocycles. The van der Waals surface area contributed by atoms with Crippen LogP contribution in [0.3, 0.4) is 0 Å². The molecule has 134 valence electrons. The number of benzene rings is 2. The van der Waals surface area contributed by atoms with Crippen molar-refractivity contribution in [2.75, 3.05) is 10.6 Å². The second-order valence-corrected chi connectivity index (χ2v) is 6.60. The Kier molecular flexibility index (Phi) is 4.71. The molecule has 0 aliphatic heterocycles. The largest absolute Gasteiger partial charge is 0.326 e. The van der Waals surface area contributed by atoms with Gasteiger partial charge in [0.2, 0.25) is 5.91 Å². The first kappa shape index (κ1) is 17.6. The van der Waals surface area contributed by atoms with Crippen LogP contribution in [0.15, 0.2) is 42.5 Å². The maximum absolute atomic E-state index is 12.4. The third kappa shape index (κ3) is 3.88. The normalized spacial score (nSPS) is 18.1. The maximum Gasteiger partial charge on any atom is 0.274 e. The molecule has 26 heavy (non-hydrogen) atoms. The maximum atomic E-state index is 12.4. The number of carbonyl (C=O) groups is 2. The molecule has 2 N–H and O–H groups in total. The van der Waals surface area contributed by atoms with Gasteiger partial charge in [-0.2, -0.15) is 0 Å². The molecule has 7 heteroatoms. The Balaban J connectivity index is 1.72. The van der Waals surface area contributed by atoms with Gasteiger partial charge in [-0.25, -0.2) is 0 Å². The van der Waals surface area contributed by atoms with Gasteiger partial charge in [-0.1, -0.05) is 19.1 Å². The average Bonchev–Trinajstić information content (AvgIpc) is 3.33. The zero-order valence-corrected chi connectivity index (χ0v) is 14.5. The molecular weight excluding hydrogens is 334 g/mol. The molecule has 7 nitrogen and oxygen atoms in total. The zero-order valence-electron chi connectivity index (χ0n) is 14.5. The van der Waals surface area contributed by atoms with Crippen LogP contribution in [0.1, 0.15) is 29.3 Å². The Morgan fingerprint density at radius 2 is 1.81 bits per heavy atom. The standard InChI is InChI=1S/C19H19N3O4/c1-11-6-7-15(10-17(11)22(25)26)20-18(23)13-4-3-5-14(9-13)21-19(24)16-8-12(16)2/h3-7,9-10,12,16H,8H2,1-2H3,(H,20,23)(H,21,24). The molecule has 1 aliphatic carbocycles. The fourth-order valence-corrected chi connectivity index (χ4v) is 2.75. The molecule has 0 radical (unpaired) electrons. The summed E-state index contributed by atoms with van der Waals surface area (Å²) in [7, 11) is 0. The van der Waals surface area contributed by atoms with Crippen molar-refractivity contribution in [3.05, 3.63) is 63.7 Å². The number of hydrogen-bond donors (Lipinski definition) is 2. The van der Waals surface area contributed by atoms with Crippen molar-refractivity contribution in [2.24, 2.45) is 11.8 Å². The Hall–Kier alpha value is -3.22. The Bertz CT molecular complexity index is 894.